The van der Waals surface area contributed by atoms with Gasteiger partial charge in [-0.15, -0.1) is 0 Å². The normalized spacial score (nSPS) is 19.5. The van der Waals surface area contributed by atoms with Crippen molar-refractivity contribution in [3.8, 4) is 0 Å². The highest BCUT2D eigenvalue weighted by Crippen LogP contribution is 2.34. The fraction of sp³-hybridized carbons (Fsp3) is 0.160. The Balaban J connectivity index is 1.63. The Morgan fingerprint density at radius 1 is 1.09 bits per heavy atom. The van der Waals surface area contributed by atoms with E-state index < -0.39 is 22.7 Å². The lowest BCUT2D eigenvalue weighted by atomic mass is 9.81. The van der Waals surface area contributed by atoms with Crippen molar-refractivity contribution in [1.82, 2.24) is 10.7 Å². The largest absolute Gasteiger partial charge is 0.481 e. The van der Waals surface area contributed by atoms with Gasteiger partial charge in [0.25, 0.3) is 11.6 Å². The molecule has 0 aromatic heterocycles. The summed E-state index contributed by atoms with van der Waals surface area (Å²) in [6, 6.07) is 14.5. The van der Waals surface area contributed by atoms with E-state index in [-0.39, 0.29) is 29.6 Å². The van der Waals surface area contributed by atoms with Gasteiger partial charge in [0.1, 0.15) is 5.56 Å². The molecule has 1 aliphatic carbocycles. The Labute approximate surface area is 195 Å². The lowest BCUT2D eigenvalue weighted by Crippen LogP contribution is -2.29. The summed E-state index contributed by atoms with van der Waals surface area (Å²) in [6.45, 7) is 0. The monoisotopic (exact) mass is 458 g/mol. The molecule has 1 heterocycles. The van der Waals surface area contributed by atoms with Crippen LogP contribution in [0.15, 0.2) is 95.8 Å². The van der Waals surface area contributed by atoms with Gasteiger partial charge in [0.15, 0.2) is 0 Å². The van der Waals surface area contributed by atoms with Crippen molar-refractivity contribution in [3.05, 3.63) is 112 Å². The summed E-state index contributed by atoms with van der Waals surface area (Å²) < 4.78 is 0. The van der Waals surface area contributed by atoms with Crippen LogP contribution in [0, 0.1) is 22.0 Å². The molecule has 1 amide bonds. The average molecular weight is 458 g/mol. The fourth-order valence-electron chi connectivity index (χ4n) is 4.11. The zero-order valence-corrected chi connectivity index (χ0v) is 18.0. The molecule has 0 saturated carbocycles. The molecular weight excluding hydrogens is 436 g/mol. The number of nitrogens with zero attached hydrogens (tertiary/aromatic N) is 2. The number of nitrogens with one attached hydrogen (secondary N) is 2. The van der Waals surface area contributed by atoms with Crippen LogP contribution in [-0.4, -0.2) is 33.7 Å². The van der Waals surface area contributed by atoms with Gasteiger partial charge >= 0.3 is 5.97 Å². The predicted molar refractivity (Wildman–Crippen MR) is 126 cm³/mol. The van der Waals surface area contributed by atoms with Crippen LogP contribution in [-0.2, 0) is 4.79 Å². The van der Waals surface area contributed by atoms with Crippen molar-refractivity contribution >= 4 is 23.3 Å². The van der Waals surface area contributed by atoms with Crippen LogP contribution in [0.25, 0.3) is 0 Å². The second kappa shape index (κ2) is 9.95. The quantitative estimate of drug-likeness (QED) is 0.315. The van der Waals surface area contributed by atoms with Crippen LogP contribution < -0.4 is 10.7 Å². The summed E-state index contributed by atoms with van der Waals surface area (Å²) in [7, 11) is 0. The van der Waals surface area contributed by atoms with Gasteiger partial charge in [0, 0.05) is 18.4 Å². The van der Waals surface area contributed by atoms with E-state index in [2.05, 4.69) is 15.8 Å². The van der Waals surface area contributed by atoms with Crippen LogP contribution in [0.1, 0.15) is 22.3 Å². The van der Waals surface area contributed by atoms with Crippen molar-refractivity contribution in [2.45, 2.75) is 12.5 Å². The molecule has 0 radical (unpaired) electrons. The molecule has 9 heteroatoms. The first-order valence-electron chi connectivity index (χ1n) is 10.6. The van der Waals surface area contributed by atoms with Crippen molar-refractivity contribution in [2.75, 3.05) is 0 Å². The predicted octanol–water partition coefficient (Wildman–Crippen LogP) is 3.42. The molecule has 3 atom stereocenters. The van der Waals surface area contributed by atoms with Gasteiger partial charge in [0.05, 0.1) is 22.6 Å². The first-order chi connectivity index (χ1) is 16.5. The second-order valence-electron chi connectivity index (χ2n) is 7.87. The molecule has 4 rings (SSSR count). The van der Waals surface area contributed by atoms with E-state index in [1.807, 2.05) is 30.4 Å². The number of amides is 1. The molecule has 3 unspecified atom stereocenters. The number of allylic oxidation sites excluding steroid dienone is 2. The minimum Gasteiger partial charge on any atom is -0.481 e. The summed E-state index contributed by atoms with van der Waals surface area (Å²) in [6.07, 6.45) is 9.50. The maximum Gasteiger partial charge on any atom is 0.311 e. The second-order valence-corrected chi connectivity index (χ2v) is 7.87. The summed E-state index contributed by atoms with van der Waals surface area (Å²) in [5.74, 6) is -2.75. The molecule has 0 saturated heterocycles. The number of benzene rings is 2. The number of carbonyl (C=O) groups excluding carboxylic acids is 1. The number of rotatable bonds is 8. The standard InChI is InChI=1S/C25H22N4O5/c30-24(18-11-5-7-13-23(18)29(33)34)28-27-22(16-8-2-1-3-9-16)14-19(25(31)32)20-15-26-21-12-6-4-10-17(20)21/h1-13,15,17,19,21,26H,14H2,(H,28,30)(H,31,32). The minimum absolute atomic E-state index is 0.00250. The van der Waals surface area contributed by atoms with E-state index in [1.165, 1.54) is 24.3 Å². The Bertz CT molecular complexity index is 1230. The molecule has 2 aromatic carbocycles. The van der Waals surface area contributed by atoms with Gasteiger partial charge in [-0.1, -0.05) is 66.8 Å². The zero-order valence-electron chi connectivity index (χ0n) is 18.0. The Morgan fingerprint density at radius 3 is 2.53 bits per heavy atom. The molecule has 2 aliphatic rings. The van der Waals surface area contributed by atoms with E-state index in [0.29, 0.717) is 16.8 Å². The van der Waals surface area contributed by atoms with E-state index in [4.69, 9.17) is 0 Å². The van der Waals surface area contributed by atoms with E-state index in [1.54, 1.807) is 30.5 Å². The van der Waals surface area contributed by atoms with Crippen molar-refractivity contribution in [1.29, 1.82) is 0 Å². The first kappa shape index (κ1) is 22.7. The third-order valence-electron chi connectivity index (χ3n) is 5.80. The van der Waals surface area contributed by atoms with Crippen molar-refractivity contribution in [2.24, 2.45) is 16.9 Å². The van der Waals surface area contributed by atoms with Gasteiger partial charge < -0.3 is 10.4 Å². The van der Waals surface area contributed by atoms with Gasteiger partial charge in [-0.25, -0.2) is 5.43 Å². The van der Waals surface area contributed by atoms with Gasteiger partial charge in [0.2, 0.25) is 0 Å². The van der Waals surface area contributed by atoms with Crippen LogP contribution in [0.4, 0.5) is 5.69 Å². The van der Waals surface area contributed by atoms with Crippen LogP contribution in [0.3, 0.4) is 0 Å². The first-order valence-corrected chi connectivity index (χ1v) is 10.6. The number of nitro groups is 1. The molecule has 0 bridgehead atoms. The highest BCUT2D eigenvalue weighted by Gasteiger charge is 2.36. The summed E-state index contributed by atoms with van der Waals surface area (Å²) in [5, 5.41) is 28.7. The molecule has 3 N–H and O–H groups in total. The fourth-order valence-corrected chi connectivity index (χ4v) is 4.11. The van der Waals surface area contributed by atoms with E-state index in [0.717, 1.165) is 0 Å². The van der Waals surface area contributed by atoms with Crippen LogP contribution >= 0.6 is 0 Å². The zero-order chi connectivity index (χ0) is 24.1. The maximum atomic E-state index is 12.7. The molecular formula is C25H22N4O5. The van der Waals surface area contributed by atoms with Crippen LogP contribution in [0.5, 0.6) is 0 Å². The van der Waals surface area contributed by atoms with Crippen LogP contribution in [0.2, 0.25) is 0 Å². The number of carboxylic acids is 1. The number of nitro benzene ring substituents is 1. The van der Waals surface area contributed by atoms with Gasteiger partial charge in [-0.3, -0.25) is 19.7 Å². The summed E-state index contributed by atoms with van der Waals surface area (Å²) >= 11 is 0. The highest BCUT2D eigenvalue weighted by atomic mass is 16.6. The highest BCUT2D eigenvalue weighted by molar-refractivity contribution is 6.04. The molecule has 0 spiro atoms. The third kappa shape index (κ3) is 4.78. The molecule has 172 valence electrons. The lowest BCUT2D eigenvalue weighted by Gasteiger charge is -2.23. The minimum atomic E-state index is -1.01. The molecule has 34 heavy (non-hydrogen) atoms. The topological polar surface area (TPSA) is 134 Å². The number of hydrogen-bond acceptors (Lipinski definition) is 6. The van der Waals surface area contributed by atoms with Crippen molar-refractivity contribution < 1.29 is 19.6 Å². The lowest BCUT2D eigenvalue weighted by molar-refractivity contribution is -0.385. The number of hydrogen-bond donors (Lipinski definition) is 3. The number of para-hydroxylation sites is 1. The number of fused-ring (bicyclic) bond motifs is 1. The van der Waals surface area contributed by atoms with Crippen molar-refractivity contribution in [3.63, 3.8) is 0 Å². The molecule has 9 nitrogen and oxygen atoms in total. The Kier molecular flexibility index (Phi) is 6.63. The molecule has 2 aromatic rings. The number of aliphatic carboxylic acids is 1. The van der Waals surface area contributed by atoms with Gasteiger partial charge in [-0.05, 0) is 23.4 Å². The van der Waals surface area contributed by atoms with E-state index >= 15 is 0 Å². The Morgan fingerprint density at radius 2 is 1.79 bits per heavy atom. The Hall–Kier alpha value is -4.53. The van der Waals surface area contributed by atoms with E-state index in [9.17, 15) is 24.8 Å². The molecule has 1 aliphatic heterocycles. The SMILES string of the molecule is O=C(NN=C(CC(C(=O)O)C1=CNC2C=CC=CC12)c1ccccc1)c1ccccc1[N+](=O)[O-]. The maximum absolute atomic E-state index is 12.7. The van der Waals surface area contributed by atoms with Gasteiger partial charge in [-0.2, -0.15) is 5.10 Å². The number of hydrazone groups is 1. The summed E-state index contributed by atoms with van der Waals surface area (Å²) in [5.41, 5.74) is 3.60. The molecule has 0 fully saturated rings. The number of carboxylic acid groups (broad SMARTS) is 1. The number of carbonyl (C=O) groups is 2. The smallest absolute Gasteiger partial charge is 0.311 e. The average Bonchev–Trinajstić information content (AvgIpc) is 3.28. The summed E-state index contributed by atoms with van der Waals surface area (Å²) in [4.78, 5) is 35.6. The third-order valence-corrected chi connectivity index (χ3v) is 5.80.